The molecular weight excluding hydrogens is 346 g/mol. The van der Waals surface area contributed by atoms with Crippen LogP contribution in [-0.2, 0) is 9.53 Å². The normalized spacial score (nSPS) is 9.85. The second-order valence-corrected chi connectivity index (χ2v) is 4.93. The lowest BCUT2D eigenvalue weighted by molar-refractivity contribution is -0.384. The Hall–Kier alpha value is -3.95. The van der Waals surface area contributed by atoms with Crippen molar-refractivity contribution in [2.24, 2.45) is 0 Å². The van der Waals surface area contributed by atoms with Crippen molar-refractivity contribution in [3.63, 3.8) is 0 Å². The van der Waals surface area contributed by atoms with Crippen molar-refractivity contribution < 1.29 is 29.2 Å². The van der Waals surface area contributed by atoms with Gasteiger partial charge in [-0.3, -0.25) is 30.6 Å². The zero-order valence-electron chi connectivity index (χ0n) is 13.2. The minimum absolute atomic E-state index is 0.0249. The average molecular weight is 359 g/mol. The third-order valence-corrected chi connectivity index (χ3v) is 3.07. The van der Waals surface area contributed by atoms with E-state index in [1.165, 1.54) is 42.5 Å². The molecule has 0 atom stereocenters. The molecule has 0 aromatic heterocycles. The Labute approximate surface area is 146 Å². The number of hydrogen-bond acceptors (Lipinski definition) is 7. The molecule has 10 heteroatoms. The first-order chi connectivity index (χ1) is 12.4. The summed E-state index contributed by atoms with van der Waals surface area (Å²) in [4.78, 5) is 45.1. The number of ether oxygens (including phenoxy) is 1. The molecule has 0 saturated heterocycles. The number of aromatic hydroxyl groups is 1. The van der Waals surface area contributed by atoms with E-state index in [0.29, 0.717) is 0 Å². The summed E-state index contributed by atoms with van der Waals surface area (Å²) >= 11 is 0. The van der Waals surface area contributed by atoms with Crippen LogP contribution in [0.1, 0.15) is 20.7 Å². The molecular formula is C16H13N3O7. The highest BCUT2D eigenvalue weighted by Gasteiger charge is 2.13. The number of nitro benzene ring substituents is 1. The zero-order chi connectivity index (χ0) is 19.1. The number of rotatable bonds is 5. The molecule has 0 aliphatic rings. The van der Waals surface area contributed by atoms with Gasteiger partial charge in [0.1, 0.15) is 5.75 Å². The van der Waals surface area contributed by atoms with Crippen molar-refractivity contribution in [1.82, 2.24) is 10.9 Å². The predicted octanol–water partition coefficient (Wildman–Crippen LogP) is 0.918. The molecule has 0 spiro atoms. The summed E-state index contributed by atoms with van der Waals surface area (Å²) in [6.07, 6.45) is 0. The summed E-state index contributed by atoms with van der Waals surface area (Å²) in [6.45, 7) is -0.658. The van der Waals surface area contributed by atoms with Gasteiger partial charge in [0.05, 0.1) is 10.5 Å². The fourth-order valence-electron chi connectivity index (χ4n) is 1.81. The number of nitro groups is 1. The number of non-ortho nitro benzene ring substituents is 1. The number of phenolic OH excluding ortho intramolecular Hbond substituents is 1. The van der Waals surface area contributed by atoms with Crippen LogP contribution in [-0.4, -0.2) is 34.4 Å². The maximum Gasteiger partial charge on any atom is 0.338 e. The number of carbonyl (C=O) groups excluding carboxylic acids is 3. The van der Waals surface area contributed by atoms with E-state index < -0.39 is 29.3 Å². The molecule has 2 rings (SSSR count). The molecule has 2 aromatic carbocycles. The first kappa shape index (κ1) is 18.4. The minimum Gasteiger partial charge on any atom is -0.508 e. The number of phenols is 1. The fourth-order valence-corrected chi connectivity index (χ4v) is 1.81. The Morgan fingerprint density at radius 2 is 1.73 bits per heavy atom. The largest absolute Gasteiger partial charge is 0.508 e. The second-order valence-electron chi connectivity index (χ2n) is 4.93. The lowest BCUT2D eigenvalue weighted by Crippen LogP contribution is -2.43. The Balaban J connectivity index is 1.82. The number of hydrazine groups is 1. The third-order valence-electron chi connectivity index (χ3n) is 3.07. The molecule has 10 nitrogen and oxygen atoms in total. The van der Waals surface area contributed by atoms with Crippen molar-refractivity contribution in [3.8, 4) is 5.75 Å². The van der Waals surface area contributed by atoms with Crippen molar-refractivity contribution in [2.75, 3.05) is 6.61 Å². The van der Waals surface area contributed by atoms with Crippen LogP contribution >= 0.6 is 0 Å². The van der Waals surface area contributed by atoms with Crippen LogP contribution in [0.15, 0.2) is 48.5 Å². The van der Waals surface area contributed by atoms with Crippen LogP contribution in [0.25, 0.3) is 0 Å². The molecule has 0 saturated carbocycles. The van der Waals surface area contributed by atoms with Gasteiger partial charge in [-0.1, -0.05) is 6.07 Å². The lowest BCUT2D eigenvalue weighted by Gasteiger charge is -2.08. The average Bonchev–Trinajstić information content (AvgIpc) is 2.64. The quantitative estimate of drug-likeness (QED) is 0.408. The summed E-state index contributed by atoms with van der Waals surface area (Å²) in [5.41, 5.74) is 3.91. The van der Waals surface area contributed by atoms with Gasteiger partial charge in [-0.2, -0.15) is 0 Å². The molecule has 0 fully saturated rings. The van der Waals surface area contributed by atoms with Gasteiger partial charge in [0.2, 0.25) is 0 Å². The number of esters is 1. The molecule has 0 aliphatic carbocycles. The molecule has 134 valence electrons. The van der Waals surface area contributed by atoms with Crippen LogP contribution in [0.2, 0.25) is 0 Å². The van der Waals surface area contributed by atoms with Gasteiger partial charge in [-0.05, 0) is 30.3 Å². The van der Waals surface area contributed by atoms with E-state index in [1.54, 1.807) is 0 Å². The highest BCUT2D eigenvalue weighted by Crippen LogP contribution is 2.13. The summed E-state index contributed by atoms with van der Waals surface area (Å²) in [7, 11) is 0. The summed E-state index contributed by atoms with van der Waals surface area (Å²) < 4.78 is 4.75. The summed E-state index contributed by atoms with van der Waals surface area (Å²) in [6, 6.07) is 10.1. The standard InChI is InChI=1S/C16H13N3O7/c20-13-6-4-10(5-7-13)16(23)26-9-14(21)17-18-15(22)11-2-1-3-12(8-11)19(24)25/h1-8,20H,9H2,(H,17,21)(H,18,22). The molecule has 0 bridgehead atoms. The number of benzene rings is 2. The van der Waals surface area contributed by atoms with E-state index in [-0.39, 0.29) is 22.6 Å². The Kier molecular flexibility index (Phi) is 5.83. The van der Waals surface area contributed by atoms with Crippen molar-refractivity contribution in [3.05, 3.63) is 69.8 Å². The van der Waals surface area contributed by atoms with Crippen LogP contribution < -0.4 is 10.9 Å². The molecule has 2 aromatic rings. The Morgan fingerprint density at radius 3 is 2.38 bits per heavy atom. The van der Waals surface area contributed by atoms with Gasteiger partial charge in [-0.15, -0.1) is 0 Å². The van der Waals surface area contributed by atoms with Crippen molar-refractivity contribution >= 4 is 23.5 Å². The molecule has 0 aliphatic heterocycles. The molecule has 26 heavy (non-hydrogen) atoms. The highest BCUT2D eigenvalue weighted by atomic mass is 16.6. The van der Waals surface area contributed by atoms with Gasteiger partial charge in [0, 0.05) is 17.7 Å². The fraction of sp³-hybridized carbons (Fsp3) is 0.0625. The van der Waals surface area contributed by atoms with Crippen LogP contribution in [0.5, 0.6) is 5.75 Å². The number of nitrogens with zero attached hydrogens (tertiary/aromatic N) is 1. The minimum atomic E-state index is -0.809. The van der Waals surface area contributed by atoms with Crippen molar-refractivity contribution in [2.45, 2.75) is 0 Å². The van der Waals surface area contributed by atoms with Gasteiger partial charge >= 0.3 is 5.97 Å². The van der Waals surface area contributed by atoms with E-state index >= 15 is 0 Å². The maximum atomic E-state index is 11.8. The molecule has 3 N–H and O–H groups in total. The van der Waals surface area contributed by atoms with Gasteiger partial charge in [-0.25, -0.2) is 4.79 Å². The maximum absolute atomic E-state index is 11.8. The van der Waals surface area contributed by atoms with Crippen LogP contribution in [0.4, 0.5) is 5.69 Å². The van der Waals surface area contributed by atoms with E-state index in [2.05, 4.69) is 5.43 Å². The topological polar surface area (TPSA) is 148 Å². The number of nitrogens with one attached hydrogen (secondary N) is 2. The third kappa shape index (κ3) is 5.03. The van der Waals surface area contributed by atoms with Crippen LogP contribution in [0, 0.1) is 10.1 Å². The molecule has 0 unspecified atom stereocenters. The first-order valence-corrected chi connectivity index (χ1v) is 7.16. The van der Waals surface area contributed by atoms with E-state index in [9.17, 15) is 24.5 Å². The molecule has 2 amide bonds. The van der Waals surface area contributed by atoms with Crippen LogP contribution in [0.3, 0.4) is 0 Å². The Morgan fingerprint density at radius 1 is 1.04 bits per heavy atom. The number of amides is 2. The van der Waals surface area contributed by atoms with E-state index in [4.69, 9.17) is 9.84 Å². The van der Waals surface area contributed by atoms with Gasteiger partial charge in [0.15, 0.2) is 6.61 Å². The monoisotopic (exact) mass is 359 g/mol. The van der Waals surface area contributed by atoms with Gasteiger partial charge < -0.3 is 9.84 Å². The summed E-state index contributed by atoms with van der Waals surface area (Å²) in [5, 5.41) is 19.8. The van der Waals surface area contributed by atoms with E-state index in [0.717, 1.165) is 6.07 Å². The SMILES string of the molecule is O=C(COC(=O)c1ccc(O)cc1)NNC(=O)c1cccc([N+](=O)[O-])c1. The van der Waals surface area contributed by atoms with E-state index in [1.807, 2.05) is 5.43 Å². The predicted molar refractivity (Wildman–Crippen MR) is 87.1 cm³/mol. The summed E-state index contributed by atoms with van der Waals surface area (Å²) in [5.74, 6) is -2.39. The molecule has 0 heterocycles. The van der Waals surface area contributed by atoms with Crippen molar-refractivity contribution in [1.29, 1.82) is 0 Å². The number of hydrogen-bond donors (Lipinski definition) is 3. The lowest BCUT2D eigenvalue weighted by atomic mass is 10.2. The number of carbonyl (C=O) groups is 3. The zero-order valence-corrected chi connectivity index (χ0v) is 13.2. The second kappa shape index (κ2) is 8.24. The Bertz CT molecular complexity index is 849. The highest BCUT2D eigenvalue weighted by molar-refractivity contribution is 5.96. The molecule has 0 radical (unpaired) electrons. The first-order valence-electron chi connectivity index (χ1n) is 7.16. The van der Waals surface area contributed by atoms with Gasteiger partial charge in [0.25, 0.3) is 17.5 Å². The smallest absolute Gasteiger partial charge is 0.338 e.